The smallest absolute Gasteiger partial charge is 0.165 e. The molecule has 96 valence electrons. The first-order valence-corrected chi connectivity index (χ1v) is 6.23. The fraction of sp³-hybridized carbons (Fsp3) is 0.538. The Bertz CT molecular complexity index is 465. The molecule has 0 aliphatic carbocycles. The lowest BCUT2D eigenvalue weighted by Crippen LogP contribution is -2.38. The predicted octanol–water partition coefficient (Wildman–Crippen LogP) is 1.07. The maximum absolute atomic E-state index is 8.99. The Morgan fingerprint density at radius 1 is 1.44 bits per heavy atom. The summed E-state index contributed by atoms with van der Waals surface area (Å²) in [6.07, 6.45) is 1.11. The van der Waals surface area contributed by atoms with Crippen LogP contribution in [-0.4, -0.2) is 42.6 Å². The second kappa shape index (κ2) is 5.23. The standard InChI is InChI=1S/C13H19N5/c1-10-9-17(2)6-3-7-18(10)13-5-4-11(15)12(8-14)16-13/h4-5,10H,3,6-7,9,15H2,1-2H3. The van der Waals surface area contributed by atoms with Crippen LogP contribution in [0.15, 0.2) is 12.1 Å². The molecule has 1 aliphatic rings. The molecule has 1 unspecified atom stereocenters. The number of nitrogens with zero attached hydrogens (tertiary/aromatic N) is 4. The monoisotopic (exact) mass is 245 g/mol. The molecule has 1 aromatic heterocycles. The molecule has 1 aromatic rings. The van der Waals surface area contributed by atoms with Gasteiger partial charge in [0.2, 0.25) is 0 Å². The lowest BCUT2D eigenvalue weighted by Gasteiger charge is -2.29. The number of nitrogens with two attached hydrogens (primary N) is 1. The van der Waals surface area contributed by atoms with E-state index in [1.54, 1.807) is 6.07 Å². The lowest BCUT2D eigenvalue weighted by molar-refractivity contribution is 0.337. The molecule has 5 nitrogen and oxygen atoms in total. The minimum atomic E-state index is 0.317. The maximum Gasteiger partial charge on any atom is 0.165 e. The Morgan fingerprint density at radius 2 is 2.22 bits per heavy atom. The Kier molecular flexibility index (Phi) is 3.68. The Hall–Kier alpha value is -1.80. The van der Waals surface area contributed by atoms with Crippen LogP contribution in [-0.2, 0) is 0 Å². The molecule has 0 amide bonds. The molecule has 5 heteroatoms. The normalized spacial score (nSPS) is 21.4. The highest BCUT2D eigenvalue weighted by molar-refractivity contribution is 5.55. The average Bonchev–Trinajstić information content (AvgIpc) is 2.51. The van der Waals surface area contributed by atoms with Crippen molar-refractivity contribution in [3.05, 3.63) is 17.8 Å². The van der Waals surface area contributed by atoms with Gasteiger partial charge >= 0.3 is 0 Å². The van der Waals surface area contributed by atoms with Crippen LogP contribution in [0.3, 0.4) is 0 Å². The molecule has 0 radical (unpaired) electrons. The number of pyridine rings is 1. The molecule has 2 rings (SSSR count). The van der Waals surface area contributed by atoms with Crippen LogP contribution < -0.4 is 10.6 Å². The van der Waals surface area contributed by atoms with Crippen molar-refractivity contribution in [2.45, 2.75) is 19.4 Å². The van der Waals surface area contributed by atoms with Crippen LogP contribution >= 0.6 is 0 Å². The van der Waals surface area contributed by atoms with Crippen LogP contribution in [0, 0.1) is 11.3 Å². The topological polar surface area (TPSA) is 69.2 Å². The summed E-state index contributed by atoms with van der Waals surface area (Å²) in [6, 6.07) is 6.10. The van der Waals surface area contributed by atoms with Crippen molar-refractivity contribution in [3.63, 3.8) is 0 Å². The highest BCUT2D eigenvalue weighted by Crippen LogP contribution is 2.20. The third kappa shape index (κ3) is 2.54. The highest BCUT2D eigenvalue weighted by Gasteiger charge is 2.21. The minimum absolute atomic E-state index is 0.317. The molecule has 0 saturated carbocycles. The van der Waals surface area contributed by atoms with E-state index < -0.39 is 0 Å². The Morgan fingerprint density at radius 3 is 2.94 bits per heavy atom. The quantitative estimate of drug-likeness (QED) is 0.801. The second-order valence-electron chi connectivity index (χ2n) is 4.88. The van der Waals surface area contributed by atoms with E-state index in [2.05, 4.69) is 28.8 Å². The van der Waals surface area contributed by atoms with Crippen molar-refractivity contribution < 1.29 is 0 Å². The first-order chi connectivity index (χ1) is 8.61. The van der Waals surface area contributed by atoms with Gasteiger partial charge in [-0.1, -0.05) is 0 Å². The summed E-state index contributed by atoms with van der Waals surface area (Å²) in [7, 11) is 2.14. The number of nitrogen functional groups attached to an aromatic ring is 1. The fourth-order valence-corrected chi connectivity index (χ4v) is 2.42. The van der Waals surface area contributed by atoms with Crippen LogP contribution in [0.4, 0.5) is 11.5 Å². The summed E-state index contributed by atoms with van der Waals surface area (Å²) in [6.45, 7) is 5.26. The Labute approximate surface area is 108 Å². The SMILES string of the molecule is CC1CN(C)CCCN1c1ccc(N)c(C#N)n1. The molecule has 1 atom stereocenters. The van der Waals surface area contributed by atoms with Crippen molar-refractivity contribution in [1.82, 2.24) is 9.88 Å². The summed E-state index contributed by atoms with van der Waals surface area (Å²) >= 11 is 0. The molecule has 1 saturated heterocycles. The van der Waals surface area contributed by atoms with E-state index in [9.17, 15) is 0 Å². The molecule has 2 heterocycles. The van der Waals surface area contributed by atoms with Crippen LogP contribution in [0.1, 0.15) is 19.0 Å². The zero-order valence-corrected chi connectivity index (χ0v) is 10.9. The predicted molar refractivity (Wildman–Crippen MR) is 72.3 cm³/mol. The van der Waals surface area contributed by atoms with Gasteiger partial charge in [0, 0.05) is 19.1 Å². The van der Waals surface area contributed by atoms with Gasteiger partial charge in [-0.3, -0.25) is 0 Å². The molecule has 1 aliphatic heterocycles. The van der Waals surface area contributed by atoms with E-state index in [0.717, 1.165) is 31.9 Å². The van der Waals surface area contributed by atoms with Crippen molar-refractivity contribution >= 4 is 11.5 Å². The molecule has 0 aromatic carbocycles. The molecule has 0 bridgehead atoms. The van der Waals surface area contributed by atoms with Crippen LogP contribution in [0.25, 0.3) is 0 Å². The number of rotatable bonds is 1. The fourth-order valence-electron chi connectivity index (χ4n) is 2.42. The molecular formula is C13H19N5. The van der Waals surface area contributed by atoms with Crippen molar-refractivity contribution in [2.75, 3.05) is 37.3 Å². The minimum Gasteiger partial charge on any atom is -0.396 e. The number of nitriles is 1. The first kappa shape index (κ1) is 12.7. The molecule has 0 spiro atoms. The Balaban J connectivity index is 2.27. The van der Waals surface area contributed by atoms with E-state index in [0.29, 0.717) is 17.4 Å². The number of anilines is 2. The molecular weight excluding hydrogens is 226 g/mol. The van der Waals surface area contributed by atoms with Crippen LogP contribution in [0.2, 0.25) is 0 Å². The second-order valence-corrected chi connectivity index (χ2v) is 4.88. The number of aromatic nitrogens is 1. The summed E-state index contributed by atoms with van der Waals surface area (Å²) in [5.41, 5.74) is 6.47. The van der Waals surface area contributed by atoms with Gasteiger partial charge in [0.05, 0.1) is 5.69 Å². The third-order valence-electron chi connectivity index (χ3n) is 3.36. The highest BCUT2D eigenvalue weighted by atomic mass is 15.3. The lowest BCUT2D eigenvalue weighted by atomic mass is 10.2. The number of hydrogen-bond donors (Lipinski definition) is 1. The van der Waals surface area contributed by atoms with E-state index in [-0.39, 0.29) is 0 Å². The first-order valence-electron chi connectivity index (χ1n) is 6.23. The van der Waals surface area contributed by atoms with E-state index in [1.165, 1.54) is 0 Å². The molecule has 2 N–H and O–H groups in total. The van der Waals surface area contributed by atoms with Gasteiger partial charge in [-0.05, 0) is 39.1 Å². The summed E-state index contributed by atoms with van der Waals surface area (Å²) < 4.78 is 0. The van der Waals surface area contributed by atoms with Gasteiger partial charge < -0.3 is 15.5 Å². The molecule has 18 heavy (non-hydrogen) atoms. The van der Waals surface area contributed by atoms with E-state index >= 15 is 0 Å². The van der Waals surface area contributed by atoms with E-state index in [4.69, 9.17) is 11.0 Å². The van der Waals surface area contributed by atoms with Gasteiger partial charge in [0.1, 0.15) is 11.9 Å². The van der Waals surface area contributed by atoms with Crippen molar-refractivity contribution in [2.24, 2.45) is 0 Å². The van der Waals surface area contributed by atoms with Crippen molar-refractivity contribution in [3.8, 4) is 6.07 Å². The maximum atomic E-state index is 8.99. The molecule has 1 fully saturated rings. The van der Waals surface area contributed by atoms with Gasteiger partial charge in [0.25, 0.3) is 0 Å². The van der Waals surface area contributed by atoms with E-state index in [1.807, 2.05) is 12.1 Å². The summed E-state index contributed by atoms with van der Waals surface area (Å²) in [4.78, 5) is 8.93. The van der Waals surface area contributed by atoms with Gasteiger partial charge in [-0.2, -0.15) is 5.26 Å². The summed E-state index contributed by atoms with van der Waals surface area (Å²) in [5.74, 6) is 0.851. The van der Waals surface area contributed by atoms with Gasteiger partial charge in [-0.15, -0.1) is 0 Å². The van der Waals surface area contributed by atoms with Crippen LogP contribution in [0.5, 0.6) is 0 Å². The average molecular weight is 245 g/mol. The zero-order valence-electron chi connectivity index (χ0n) is 10.9. The number of likely N-dealkylation sites (N-methyl/N-ethyl adjacent to an activating group) is 1. The third-order valence-corrected chi connectivity index (χ3v) is 3.36. The van der Waals surface area contributed by atoms with Crippen molar-refractivity contribution in [1.29, 1.82) is 5.26 Å². The zero-order chi connectivity index (χ0) is 13.1. The largest absolute Gasteiger partial charge is 0.396 e. The number of hydrogen-bond acceptors (Lipinski definition) is 5. The van der Waals surface area contributed by atoms with Gasteiger partial charge in [-0.25, -0.2) is 4.98 Å². The van der Waals surface area contributed by atoms with Gasteiger partial charge in [0.15, 0.2) is 5.69 Å². The summed E-state index contributed by atoms with van der Waals surface area (Å²) in [5, 5.41) is 8.99.